The van der Waals surface area contributed by atoms with Gasteiger partial charge in [-0.1, -0.05) is 12.1 Å². The summed E-state index contributed by atoms with van der Waals surface area (Å²) in [5.74, 6) is -2.43. The summed E-state index contributed by atoms with van der Waals surface area (Å²) in [6.07, 6.45) is 2.12. The van der Waals surface area contributed by atoms with Crippen LogP contribution in [0.4, 0.5) is 13.2 Å². The molecule has 1 saturated carbocycles. The Hall–Kier alpha value is -2.27. The number of ether oxygens (including phenoxy) is 1. The fourth-order valence-electron chi connectivity index (χ4n) is 2.82. The molecule has 1 nitrogen and oxygen atoms in total. The van der Waals surface area contributed by atoms with E-state index in [-0.39, 0.29) is 16.9 Å². The Morgan fingerprint density at radius 2 is 1.73 bits per heavy atom. The molecule has 0 aliphatic heterocycles. The summed E-state index contributed by atoms with van der Waals surface area (Å²) in [6.45, 7) is 2.36. The highest BCUT2D eigenvalue weighted by molar-refractivity contribution is 7.15. The minimum Gasteiger partial charge on any atom is -0.490 e. The predicted octanol–water partition coefficient (Wildman–Crippen LogP) is 6.60. The standard InChI is InChI=1S/C21H17F3OS/c1-12-2-9-19(26-12)14-5-6-15(17(22)10-14)16-7-8-18(21(24)20(16)23)25-11-13-3-4-13/h2,5-10,13H,3-4,11H2,1H3. The minimum absolute atomic E-state index is 0.0344. The second-order valence-corrected chi connectivity index (χ2v) is 7.89. The maximum absolute atomic E-state index is 14.6. The van der Waals surface area contributed by atoms with E-state index in [1.165, 1.54) is 24.3 Å². The fourth-order valence-corrected chi connectivity index (χ4v) is 3.68. The molecule has 0 atom stereocenters. The number of hydrogen-bond acceptors (Lipinski definition) is 2. The highest BCUT2D eigenvalue weighted by atomic mass is 32.1. The van der Waals surface area contributed by atoms with E-state index < -0.39 is 17.5 Å². The van der Waals surface area contributed by atoms with E-state index >= 15 is 0 Å². The molecule has 1 aliphatic rings. The summed E-state index contributed by atoms with van der Waals surface area (Å²) in [6, 6.07) is 11.2. The second kappa shape index (κ2) is 6.80. The number of aryl methyl sites for hydroxylation is 1. The largest absolute Gasteiger partial charge is 0.490 e. The van der Waals surface area contributed by atoms with Crippen LogP contribution >= 0.6 is 11.3 Å². The van der Waals surface area contributed by atoms with Gasteiger partial charge < -0.3 is 4.74 Å². The van der Waals surface area contributed by atoms with Crippen molar-refractivity contribution in [2.45, 2.75) is 19.8 Å². The van der Waals surface area contributed by atoms with E-state index in [1.807, 2.05) is 19.1 Å². The van der Waals surface area contributed by atoms with Crippen LogP contribution in [-0.4, -0.2) is 6.61 Å². The van der Waals surface area contributed by atoms with Gasteiger partial charge in [0.15, 0.2) is 11.6 Å². The molecule has 3 aromatic rings. The van der Waals surface area contributed by atoms with E-state index in [0.29, 0.717) is 12.5 Å². The van der Waals surface area contributed by atoms with Gasteiger partial charge in [-0.3, -0.25) is 0 Å². The van der Waals surface area contributed by atoms with E-state index in [9.17, 15) is 13.2 Å². The first-order valence-electron chi connectivity index (χ1n) is 8.50. The molecule has 5 heteroatoms. The molecule has 0 unspecified atom stereocenters. The molecule has 1 heterocycles. The average molecular weight is 374 g/mol. The van der Waals surface area contributed by atoms with Gasteiger partial charge in [0.2, 0.25) is 5.82 Å². The molecule has 0 bridgehead atoms. The second-order valence-electron chi connectivity index (χ2n) is 6.60. The van der Waals surface area contributed by atoms with Crippen molar-refractivity contribution in [3.8, 4) is 27.3 Å². The van der Waals surface area contributed by atoms with Gasteiger partial charge >= 0.3 is 0 Å². The van der Waals surface area contributed by atoms with Gasteiger partial charge in [0.25, 0.3) is 0 Å². The average Bonchev–Trinajstić information content (AvgIpc) is 3.35. The lowest BCUT2D eigenvalue weighted by Crippen LogP contribution is -2.03. The van der Waals surface area contributed by atoms with Crippen molar-refractivity contribution in [3.05, 3.63) is 64.8 Å². The minimum atomic E-state index is -1.09. The van der Waals surface area contributed by atoms with Crippen molar-refractivity contribution >= 4 is 11.3 Å². The third kappa shape index (κ3) is 3.36. The normalized spacial score (nSPS) is 13.8. The van der Waals surface area contributed by atoms with Crippen LogP contribution < -0.4 is 4.74 Å². The Labute approximate surface area is 154 Å². The topological polar surface area (TPSA) is 9.23 Å². The van der Waals surface area contributed by atoms with Crippen LogP contribution in [0.3, 0.4) is 0 Å². The quantitative estimate of drug-likeness (QED) is 0.489. The zero-order valence-electron chi connectivity index (χ0n) is 14.2. The zero-order valence-corrected chi connectivity index (χ0v) is 15.0. The molecule has 0 amide bonds. The van der Waals surface area contributed by atoms with Gasteiger partial charge in [0.05, 0.1) is 6.61 Å². The lowest BCUT2D eigenvalue weighted by molar-refractivity contribution is 0.280. The molecule has 1 aromatic heterocycles. The first-order chi connectivity index (χ1) is 12.5. The molecule has 1 fully saturated rings. The Morgan fingerprint density at radius 3 is 2.38 bits per heavy atom. The number of benzene rings is 2. The first-order valence-corrected chi connectivity index (χ1v) is 9.32. The van der Waals surface area contributed by atoms with Gasteiger partial charge in [-0.25, -0.2) is 8.78 Å². The maximum atomic E-state index is 14.6. The molecule has 0 radical (unpaired) electrons. The van der Waals surface area contributed by atoms with E-state index in [2.05, 4.69) is 0 Å². The fraction of sp³-hybridized carbons (Fsp3) is 0.238. The summed E-state index contributed by atoms with van der Waals surface area (Å²) >= 11 is 1.55. The van der Waals surface area contributed by atoms with Crippen LogP contribution in [-0.2, 0) is 0 Å². The SMILES string of the molecule is Cc1ccc(-c2ccc(-c3ccc(OCC4CC4)c(F)c3F)c(F)c2)s1. The van der Waals surface area contributed by atoms with Crippen LogP contribution in [0.25, 0.3) is 21.6 Å². The van der Waals surface area contributed by atoms with Crippen LogP contribution in [0.2, 0.25) is 0 Å². The summed E-state index contributed by atoms with van der Waals surface area (Å²) < 4.78 is 48.7. The molecule has 0 saturated heterocycles. The number of halogens is 3. The van der Waals surface area contributed by atoms with Gasteiger partial charge in [-0.05, 0) is 61.6 Å². The molecular weight excluding hydrogens is 357 g/mol. The van der Waals surface area contributed by atoms with E-state index in [1.54, 1.807) is 17.4 Å². The molecule has 0 N–H and O–H groups in total. The van der Waals surface area contributed by atoms with Gasteiger partial charge in [0, 0.05) is 20.9 Å². The van der Waals surface area contributed by atoms with Crippen molar-refractivity contribution in [2.24, 2.45) is 5.92 Å². The van der Waals surface area contributed by atoms with Crippen LogP contribution in [0.15, 0.2) is 42.5 Å². The lowest BCUT2D eigenvalue weighted by atomic mass is 10.0. The number of rotatable bonds is 5. The molecular formula is C21H17F3OS. The Morgan fingerprint density at radius 1 is 0.962 bits per heavy atom. The van der Waals surface area contributed by atoms with Crippen molar-refractivity contribution in [3.63, 3.8) is 0 Å². The van der Waals surface area contributed by atoms with Crippen molar-refractivity contribution in [1.82, 2.24) is 0 Å². The van der Waals surface area contributed by atoms with Crippen LogP contribution in [0.1, 0.15) is 17.7 Å². The number of thiophene rings is 1. The van der Waals surface area contributed by atoms with Crippen LogP contribution in [0, 0.1) is 30.3 Å². The zero-order chi connectivity index (χ0) is 18.3. The van der Waals surface area contributed by atoms with Crippen molar-refractivity contribution in [1.29, 1.82) is 0 Å². The van der Waals surface area contributed by atoms with Gasteiger partial charge in [-0.15, -0.1) is 11.3 Å². The molecule has 1 aliphatic carbocycles. The number of hydrogen-bond donors (Lipinski definition) is 0. The predicted molar refractivity (Wildman–Crippen MR) is 98.0 cm³/mol. The van der Waals surface area contributed by atoms with E-state index in [4.69, 9.17) is 4.74 Å². The highest BCUT2D eigenvalue weighted by Gasteiger charge is 2.24. The van der Waals surface area contributed by atoms with Crippen molar-refractivity contribution < 1.29 is 17.9 Å². The molecule has 0 spiro atoms. The summed E-state index contributed by atoms with van der Waals surface area (Å²) in [4.78, 5) is 2.06. The summed E-state index contributed by atoms with van der Waals surface area (Å²) in [7, 11) is 0. The molecule has 4 rings (SSSR count). The third-order valence-electron chi connectivity index (χ3n) is 4.50. The van der Waals surface area contributed by atoms with Crippen LogP contribution in [0.5, 0.6) is 5.75 Å². The smallest absolute Gasteiger partial charge is 0.201 e. The molecule has 26 heavy (non-hydrogen) atoms. The van der Waals surface area contributed by atoms with E-state index in [0.717, 1.165) is 28.2 Å². The Balaban J connectivity index is 1.65. The summed E-state index contributed by atoms with van der Waals surface area (Å²) in [5.41, 5.74) is 0.648. The van der Waals surface area contributed by atoms with Crippen molar-refractivity contribution in [2.75, 3.05) is 6.61 Å². The van der Waals surface area contributed by atoms with Gasteiger partial charge in [-0.2, -0.15) is 4.39 Å². The maximum Gasteiger partial charge on any atom is 0.201 e. The first kappa shape index (κ1) is 17.2. The lowest BCUT2D eigenvalue weighted by Gasteiger charge is -2.11. The highest BCUT2D eigenvalue weighted by Crippen LogP contribution is 2.36. The molecule has 2 aromatic carbocycles. The third-order valence-corrected chi connectivity index (χ3v) is 5.55. The monoisotopic (exact) mass is 374 g/mol. The Kier molecular flexibility index (Phi) is 4.49. The summed E-state index contributed by atoms with van der Waals surface area (Å²) in [5, 5.41) is 0. The Bertz CT molecular complexity index is 960. The van der Waals surface area contributed by atoms with Gasteiger partial charge in [0.1, 0.15) is 5.82 Å². The molecule has 134 valence electrons.